The molecule has 1 aliphatic rings. The maximum atomic E-state index is 12.1. The first kappa shape index (κ1) is 12.5. The number of anilines is 1. The third-order valence-electron chi connectivity index (χ3n) is 2.66. The fourth-order valence-corrected chi connectivity index (χ4v) is 2.19. The number of carbonyl (C=O) groups is 2. The molecule has 0 spiro atoms. The number of amides is 1. The van der Waals surface area contributed by atoms with Crippen molar-refractivity contribution in [2.45, 2.75) is 19.4 Å². The maximum absolute atomic E-state index is 12.1. The summed E-state index contributed by atoms with van der Waals surface area (Å²) >= 11 is 5.07. The number of carboxylic acids is 1. The van der Waals surface area contributed by atoms with Crippen molar-refractivity contribution in [3.8, 4) is 0 Å². The Labute approximate surface area is 109 Å². The number of carboxylic acid groups (broad SMARTS) is 1. The highest BCUT2D eigenvalue weighted by Crippen LogP contribution is 2.21. The van der Waals surface area contributed by atoms with Gasteiger partial charge in [-0.3, -0.25) is 14.5 Å². The zero-order chi connectivity index (χ0) is 13.3. The summed E-state index contributed by atoms with van der Waals surface area (Å²) in [5.74, 6) is -1.36. The van der Waals surface area contributed by atoms with Gasteiger partial charge in [-0.05, 0) is 36.8 Å². The standard InChI is InChI=1S/C12H12N2O3S/c1-7-3-2-4-8(5-7)14-11(17)9(6-10(15)16)13-12(14)18/h2-5,9H,6H2,1H3,(H,13,18)(H,15,16). The molecule has 1 fully saturated rings. The predicted octanol–water partition coefficient (Wildman–Crippen LogP) is 1.06. The van der Waals surface area contributed by atoms with Crippen molar-refractivity contribution in [2.75, 3.05) is 4.90 Å². The summed E-state index contributed by atoms with van der Waals surface area (Å²) in [6, 6.07) is 6.55. The van der Waals surface area contributed by atoms with Crippen LogP contribution in [0.1, 0.15) is 12.0 Å². The second-order valence-corrected chi connectivity index (χ2v) is 4.50. The molecule has 0 saturated carbocycles. The van der Waals surface area contributed by atoms with E-state index in [0.29, 0.717) is 5.69 Å². The quantitative estimate of drug-likeness (QED) is 0.799. The molecule has 1 aromatic carbocycles. The molecule has 1 aromatic rings. The molecule has 18 heavy (non-hydrogen) atoms. The van der Waals surface area contributed by atoms with Crippen LogP contribution in [-0.2, 0) is 9.59 Å². The largest absolute Gasteiger partial charge is 0.481 e. The smallest absolute Gasteiger partial charge is 0.305 e. The molecule has 0 radical (unpaired) electrons. The molecule has 94 valence electrons. The normalized spacial score (nSPS) is 18.9. The van der Waals surface area contributed by atoms with Gasteiger partial charge in [0.15, 0.2) is 5.11 Å². The molecule has 1 saturated heterocycles. The molecule has 1 heterocycles. The van der Waals surface area contributed by atoms with Crippen LogP contribution in [0.3, 0.4) is 0 Å². The Hall–Kier alpha value is -1.95. The van der Waals surface area contributed by atoms with Crippen molar-refractivity contribution in [2.24, 2.45) is 0 Å². The van der Waals surface area contributed by atoms with Gasteiger partial charge in [-0.1, -0.05) is 12.1 Å². The summed E-state index contributed by atoms with van der Waals surface area (Å²) in [7, 11) is 0. The van der Waals surface area contributed by atoms with Gasteiger partial charge in [-0.2, -0.15) is 0 Å². The highest BCUT2D eigenvalue weighted by atomic mass is 32.1. The summed E-state index contributed by atoms with van der Waals surface area (Å²) in [6.45, 7) is 1.91. The second-order valence-electron chi connectivity index (χ2n) is 4.11. The monoisotopic (exact) mass is 264 g/mol. The van der Waals surface area contributed by atoms with Crippen molar-refractivity contribution < 1.29 is 14.7 Å². The summed E-state index contributed by atoms with van der Waals surface area (Å²) in [6.07, 6.45) is -0.276. The Morgan fingerprint density at radius 1 is 1.56 bits per heavy atom. The number of carbonyl (C=O) groups excluding carboxylic acids is 1. The van der Waals surface area contributed by atoms with E-state index in [9.17, 15) is 9.59 Å². The van der Waals surface area contributed by atoms with Crippen LogP contribution >= 0.6 is 12.2 Å². The van der Waals surface area contributed by atoms with E-state index in [0.717, 1.165) is 5.56 Å². The Balaban J connectivity index is 2.27. The van der Waals surface area contributed by atoms with Crippen molar-refractivity contribution in [3.05, 3.63) is 29.8 Å². The van der Waals surface area contributed by atoms with E-state index in [4.69, 9.17) is 17.3 Å². The predicted molar refractivity (Wildman–Crippen MR) is 70.4 cm³/mol. The molecule has 1 amide bonds. The first-order valence-electron chi connectivity index (χ1n) is 5.42. The van der Waals surface area contributed by atoms with E-state index in [1.54, 1.807) is 6.07 Å². The van der Waals surface area contributed by atoms with Crippen molar-refractivity contribution in [1.29, 1.82) is 0 Å². The Morgan fingerprint density at radius 3 is 2.89 bits per heavy atom. The minimum absolute atomic E-state index is 0.247. The topological polar surface area (TPSA) is 69.6 Å². The minimum Gasteiger partial charge on any atom is -0.481 e. The van der Waals surface area contributed by atoms with Gasteiger partial charge in [-0.25, -0.2) is 0 Å². The van der Waals surface area contributed by atoms with E-state index in [-0.39, 0.29) is 17.4 Å². The van der Waals surface area contributed by atoms with E-state index in [1.165, 1.54) is 4.90 Å². The number of hydrogen-bond acceptors (Lipinski definition) is 3. The van der Waals surface area contributed by atoms with Gasteiger partial charge in [0.05, 0.1) is 12.1 Å². The number of rotatable bonds is 3. The SMILES string of the molecule is Cc1cccc(N2C(=O)C(CC(=O)O)NC2=S)c1. The van der Waals surface area contributed by atoms with Gasteiger partial charge in [0.25, 0.3) is 5.91 Å². The number of nitrogens with zero attached hydrogens (tertiary/aromatic N) is 1. The van der Waals surface area contributed by atoms with Crippen LogP contribution < -0.4 is 10.2 Å². The fourth-order valence-electron chi connectivity index (χ4n) is 1.86. The highest BCUT2D eigenvalue weighted by molar-refractivity contribution is 7.80. The van der Waals surface area contributed by atoms with Gasteiger partial charge in [0, 0.05) is 0 Å². The van der Waals surface area contributed by atoms with E-state index in [2.05, 4.69) is 5.32 Å². The molecule has 1 unspecified atom stereocenters. The summed E-state index contributed by atoms with van der Waals surface area (Å²) in [4.78, 5) is 24.1. The molecule has 6 heteroatoms. The van der Waals surface area contributed by atoms with Crippen LogP contribution in [0.25, 0.3) is 0 Å². The van der Waals surface area contributed by atoms with Gasteiger partial charge in [0.1, 0.15) is 6.04 Å². The number of aryl methyl sites for hydroxylation is 1. The molecule has 1 atom stereocenters. The maximum Gasteiger partial charge on any atom is 0.305 e. The van der Waals surface area contributed by atoms with Crippen molar-refractivity contribution in [3.63, 3.8) is 0 Å². The summed E-state index contributed by atoms with van der Waals surface area (Å²) < 4.78 is 0. The summed E-state index contributed by atoms with van der Waals surface area (Å²) in [5, 5.41) is 11.7. The first-order valence-corrected chi connectivity index (χ1v) is 5.83. The number of hydrogen-bond donors (Lipinski definition) is 2. The van der Waals surface area contributed by atoms with Crippen LogP contribution in [0.15, 0.2) is 24.3 Å². The molecule has 0 aromatic heterocycles. The number of thiocarbonyl (C=S) groups is 1. The molecular formula is C12H12N2O3S. The number of nitrogens with one attached hydrogen (secondary N) is 1. The average molecular weight is 264 g/mol. The zero-order valence-corrected chi connectivity index (χ0v) is 10.5. The molecule has 0 bridgehead atoms. The Kier molecular flexibility index (Phi) is 3.29. The number of benzene rings is 1. The highest BCUT2D eigenvalue weighted by Gasteiger charge is 2.37. The van der Waals surface area contributed by atoms with Gasteiger partial charge >= 0.3 is 5.97 Å². The first-order chi connectivity index (χ1) is 8.49. The lowest BCUT2D eigenvalue weighted by Gasteiger charge is -2.15. The minimum atomic E-state index is -1.03. The lowest BCUT2D eigenvalue weighted by molar-refractivity contribution is -0.139. The molecule has 1 aliphatic heterocycles. The van der Waals surface area contributed by atoms with Crippen LogP contribution in [0.2, 0.25) is 0 Å². The second kappa shape index (κ2) is 4.73. The Morgan fingerprint density at radius 2 is 2.28 bits per heavy atom. The van der Waals surface area contributed by atoms with Crippen LogP contribution in [0.5, 0.6) is 0 Å². The van der Waals surface area contributed by atoms with Gasteiger partial charge in [-0.15, -0.1) is 0 Å². The molecule has 0 aliphatic carbocycles. The number of aliphatic carboxylic acids is 1. The van der Waals surface area contributed by atoms with Crippen LogP contribution in [-0.4, -0.2) is 28.1 Å². The summed E-state index contributed by atoms with van der Waals surface area (Å²) in [5.41, 5.74) is 1.66. The Bertz CT molecular complexity index is 530. The molecule has 5 nitrogen and oxygen atoms in total. The molecular weight excluding hydrogens is 252 g/mol. The van der Waals surface area contributed by atoms with E-state index < -0.39 is 12.0 Å². The van der Waals surface area contributed by atoms with Gasteiger partial charge in [0.2, 0.25) is 0 Å². The molecule has 2 N–H and O–H groups in total. The average Bonchev–Trinajstić information content (AvgIpc) is 2.53. The van der Waals surface area contributed by atoms with Crippen molar-refractivity contribution >= 4 is 34.9 Å². The lowest BCUT2D eigenvalue weighted by Crippen LogP contribution is -2.32. The van der Waals surface area contributed by atoms with E-state index >= 15 is 0 Å². The van der Waals surface area contributed by atoms with Crippen LogP contribution in [0, 0.1) is 6.92 Å². The van der Waals surface area contributed by atoms with Crippen molar-refractivity contribution in [1.82, 2.24) is 5.32 Å². The zero-order valence-electron chi connectivity index (χ0n) is 9.71. The van der Waals surface area contributed by atoms with E-state index in [1.807, 2.05) is 25.1 Å². The third-order valence-corrected chi connectivity index (χ3v) is 2.96. The van der Waals surface area contributed by atoms with Gasteiger partial charge < -0.3 is 10.4 Å². The van der Waals surface area contributed by atoms with Crippen LogP contribution in [0.4, 0.5) is 5.69 Å². The fraction of sp³-hybridized carbons (Fsp3) is 0.250. The third kappa shape index (κ3) is 2.33. The lowest BCUT2D eigenvalue weighted by atomic mass is 10.2. The molecule has 2 rings (SSSR count).